The Bertz CT molecular complexity index is 409. The lowest BCUT2D eigenvalue weighted by molar-refractivity contribution is 0.0375. The van der Waals surface area contributed by atoms with Gasteiger partial charge in [-0.2, -0.15) is 0 Å². The molecule has 4 N–H and O–H groups in total. The van der Waals surface area contributed by atoms with Gasteiger partial charge in [-0.3, -0.25) is 4.79 Å². The van der Waals surface area contributed by atoms with E-state index in [4.69, 9.17) is 15.3 Å². The van der Waals surface area contributed by atoms with Crippen LogP contribution in [-0.2, 0) is 0 Å². The first-order chi connectivity index (χ1) is 8.46. The first-order valence-electron chi connectivity index (χ1n) is 5.07. The van der Waals surface area contributed by atoms with Crippen molar-refractivity contribution in [2.45, 2.75) is 5.54 Å². The van der Waals surface area contributed by atoms with E-state index < -0.39 is 37.1 Å². The fourth-order valence-corrected chi connectivity index (χ4v) is 1.73. The molecular formula is C11H13BrFNO4. The number of carbonyl (C=O) groups excluding carboxylic acids is 1. The number of nitrogens with one attached hydrogen (secondary N) is 1. The molecule has 0 saturated carbocycles. The zero-order valence-corrected chi connectivity index (χ0v) is 10.9. The zero-order valence-electron chi connectivity index (χ0n) is 9.36. The van der Waals surface area contributed by atoms with Crippen LogP contribution in [0.25, 0.3) is 0 Å². The summed E-state index contributed by atoms with van der Waals surface area (Å²) >= 11 is 3.04. The molecule has 0 radical (unpaired) electrons. The zero-order chi connectivity index (χ0) is 13.8. The average Bonchev–Trinajstić information content (AvgIpc) is 2.35. The van der Waals surface area contributed by atoms with Crippen LogP contribution in [0, 0.1) is 5.82 Å². The maximum Gasteiger partial charge on any atom is 0.252 e. The van der Waals surface area contributed by atoms with E-state index in [0.717, 1.165) is 6.07 Å². The van der Waals surface area contributed by atoms with Crippen LogP contribution in [0.5, 0.6) is 0 Å². The Morgan fingerprint density at radius 1 is 1.22 bits per heavy atom. The Morgan fingerprint density at radius 2 is 1.78 bits per heavy atom. The fraction of sp³-hybridized carbons (Fsp3) is 0.364. The minimum absolute atomic E-state index is 0.0154. The van der Waals surface area contributed by atoms with Gasteiger partial charge in [-0.05, 0) is 18.2 Å². The number of aliphatic hydroxyl groups is 3. The number of carbonyl (C=O) groups is 1. The number of halogens is 2. The molecule has 0 saturated heterocycles. The second-order valence-electron chi connectivity index (χ2n) is 3.87. The Morgan fingerprint density at radius 3 is 2.22 bits per heavy atom. The summed E-state index contributed by atoms with van der Waals surface area (Å²) in [5.41, 5.74) is -1.52. The van der Waals surface area contributed by atoms with Gasteiger partial charge in [0.1, 0.15) is 11.4 Å². The van der Waals surface area contributed by atoms with Crippen molar-refractivity contribution in [3.8, 4) is 0 Å². The molecule has 5 nitrogen and oxygen atoms in total. The van der Waals surface area contributed by atoms with E-state index in [0.29, 0.717) is 4.47 Å². The molecule has 0 aliphatic rings. The van der Waals surface area contributed by atoms with Crippen LogP contribution in [0.3, 0.4) is 0 Å². The highest BCUT2D eigenvalue weighted by atomic mass is 79.9. The average molecular weight is 322 g/mol. The van der Waals surface area contributed by atoms with E-state index >= 15 is 0 Å². The van der Waals surface area contributed by atoms with E-state index in [2.05, 4.69) is 21.2 Å². The van der Waals surface area contributed by atoms with Crippen molar-refractivity contribution < 1.29 is 24.5 Å². The number of hydrogen-bond acceptors (Lipinski definition) is 4. The molecule has 0 aliphatic carbocycles. The fourth-order valence-electron chi connectivity index (χ4n) is 1.27. The summed E-state index contributed by atoms with van der Waals surface area (Å²) in [5, 5.41) is 29.5. The Hall–Kier alpha value is -1.02. The van der Waals surface area contributed by atoms with E-state index in [-0.39, 0.29) is 5.56 Å². The number of amides is 1. The van der Waals surface area contributed by atoms with Gasteiger partial charge in [-0.25, -0.2) is 4.39 Å². The van der Waals surface area contributed by atoms with Gasteiger partial charge in [0.25, 0.3) is 5.91 Å². The highest BCUT2D eigenvalue weighted by Crippen LogP contribution is 2.15. The van der Waals surface area contributed by atoms with Crippen LogP contribution >= 0.6 is 15.9 Å². The standard InChI is InChI=1S/C11H13BrFNO4/c12-8-1-7(2-9(13)3-8)10(18)14-11(4-15,5-16)6-17/h1-3,15-17H,4-6H2,(H,14,18). The van der Waals surface area contributed by atoms with Gasteiger partial charge in [0, 0.05) is 10.0 Å². The van der Waals surface area contributed by atoms with E-state index in [9.17, 15) is 9.18 Å². The minimum Gasteiger partial charge on any atom is -0.394 e. The minimum atomic E-state index is -1.53. The van der Waals surface area contributed by atoms with E-state index in [1.165, 1.54) is 12.1 Å². The van der Waals surface area contributed by atoms with Crippen LogP contribution in [-0.4, -0.2) is 46.6 Å². The molecule has 100 valence electrons. The number of hydrogen-bond donors (Lipinski definition) is 4. The van der Waals surface area contributed by atoms with Gasteiger partial charge in [-0.1, -0.05) is 15.9 Å². The molecule has 18 heavy (non-hydrogen) atoms. The van der Waals surface area contributed by atoms with Crippen LogP contribution in [0.2, 0.25) is 0 Å². The summed E-state index contributed by atoms with van der Waals surface area (Å²) < 4.78 is 13.5. The van der Waals surface area contributed by atoms with Crippen LogP contribution in [0.1, 0.15) is 10.4 Å². The van der Waals surface area contributed by atoms with E-state index in [1.54, 1.807) is 0 Å². The molecule has 0 atom stereocenters. The highest BCUT2D eigenvalue weighted by Gasteiger charge is 2.30. The third-order valence-corrected chi connectivity index (χ3v) is 2.87. The maximum atomic E-state index is 13.1. The van der Waals surface area contributed by atoms with Gasteiger partial charge in [0.15, 0.2) is 0 Å². The summed E-state index contributed by atoms with van der Waals surface area (Å²) in [4.78, 5) is 11.8. The molecule has 0 unspecified atom stereocenters. The van der Waals surface area contributed by atoms with Crippen LogP contribution in [0.15, 0.2) is 22.7 Å². The third-order valence-electron chi connectivity index (χ3n) is 2.41. The topological polar surface area (TPSA) is 89.8 Å². The lowest BCUT2D eigenvalue weighted by Gasteiger charge is -2.28. The van der Waals surface area contributed by atoms with Crippen molar-refractivity contribution in [1.82, 2.24) is 5.32 Å². The second kappa shape index (κ2) is 6.24. The molecule has 0 aromatic heterocycles. The molecule has 0 aliphatic heterocycles. The first-order valence-corrected chi connectivity index (χ1v) is 5.87. The van der Waals surface area contributed by atoms with Crippen molar-refractivity contribution in [3.63, 3.8) is 0 Å². The second-order valence-corrected chi connectivity index (χ2v) is 4.78. The first kappa shape index (κ1) is 15.0. The highest BCUT2D eigenvalue weighted by molar-refractivity contribution is 9.10. The molecule has 1 rings (SSSR count). The lowest BCUT2D eigenvalue weighted by atomic mass is 10.0. The smallest absolute Gasteiger partial charge is 0.252 e. The summed E-state index contributed by atoms with van der Waals surface area (Å²) in [6, 6.07) is 3.58. The number of aliphatic hydroxyl groups excluding tert-OH is 3. The van der Waals surface area contributed by atoms with Crippen molar-refractivity contribution in [1.29, 1.82) is 0 Å². The largest absolute Gasteiger partial charge is 0.394 e. The van der Waals surface area contributed by atoms with Gasteiger partial charge in [0.2, 0.25) is 0 Å². The predicted molar refractivity (Wildman–Crippen MR) is 65.6 cm³/mol. The van der Waals surface area contributed by atoms with Gasteiger partial charge in [-0.15, -0.1) is 0 Å². The molecular weight excluding hydrogens is 309 g/mol. The number of rotatable bonds is 5. The van der Waals surface area contributed by atoms with Gasteiger partial charge in [0.05, 0.1) is 19.8 Å². The maximum absolute atomic E-state index is 13.1. The normalized spacial score (nSPS) is 11.4. The van der Waals surface area contributed by atoms with Crippen molar-refractivity contribution in [2.75, 3.05) is 19.8 Å². The third kappa shape index (κ3) is 3.49. The monoisotopic (exact) mass is 321 g/mol. The quantitative estimate of drug-likeness (QED) is 0.616. The van der Waals surface area contributed by atoms with Crippen molar-refractivity contribution >= 4 is 21.8 Å². The summed E-state index contributed by atoms with van der Waals surface area (Å²) in [7, 11) is 0. The summed E-state index contributed by atoms with van der Waals surface area (Å²) in [6.45, 7) is -1.91. The molecule has 0 bridgehead atoms. The SMILES string of the molecule is O=C(NC(CO)(CO)CO)c1cc(F)cc(Br)c1. The molecule has 0 spiro atoms. The molecule has 1 aromatic rings. The molecule has 1 amide bonds. The predicted octanol–water partition coefficient (Wildman–Crippen LogP) is 0.0337. The van der Waals surface area contributed by atoms with Crippen LogP contribution in [0.4, 0.5) is 4.39 Å². The Kier molecular flexibility index (Phi) is 5.21. The molecule has 0 heterocycles. The van der Waals surface area contributed by atoms with Crippen molar-refractivity contribution in [2.24, 2.45) is 0 Å². The van der Waals surface area contributed by atoms with E-state index in [1.807, 2.05) is 0 Å². The molecule has 0 fully saturated rings. The van der Waals surface area contributed by atoms with Crippen molar-refractivity contribution in [3.05, 3.63) is 34.1 Å². The number of benzene rings is 1. The Balaban J connectivity index is 2.94. The van der Waals surface area contributed by atoms with Crippen LogP contribution < -0.4 is 5.32 Å². The molecule has 1 aromatic carbocycles. The van der Waals surface area contributed by atoms with Gasteiger partial charge < -0.3 is 20.6 Å². The summed E-state index contributed by atoms with van der Waals surface area (Å²) in [5.74, 6) is -1.30. The van der Waals surface area contributed by atoms with Gasteiger partial charge >= 0.3 is 0 Å². The summed E-state index contributed by atoms with van der Waals surface area (Å²) in [6.07, 6.45) is 0. The molecule has 7 heteroatoms. The Labute approximate surface area is 111 Å². The lowest BCUT2D eigenvalue weighted by Crippen LogP contribution is -2.57.